The maximum Gasteiger partial charge on any atom is 0.225 e. The molecule has 1 aliphatic rings. The van der Waals surface area contributed by atoms with Crippen LogP contribution in [0.25, 0.3) is 0 Å². The summed E-state index contributed by atoms with van der Waals surface area (Å²) < 4.78 is 5.83. The molecule has 4 nitrogen and oxygen atoms in total. The van der Waals surface area contributed by atoms with Gasteiger partial charge in [0, 0.05) is 26.0 Å². The van der Waals surface area contributed by atoms with Crippen molar-refractivity contribution in [2.45, 2.75) is 25.4 Å². The maximum absolute atomic E-state index is 12.5. The van der Waals surface area contributed by atoms with Crippen LogP contribution in [0, 0.1) is 0 Å². The Kier molecular flexibility index (Phi) is 5.03. The molecule has 0 saturated carbocycles. The third-order valence-electron chi connectivity index (χ3n) is 4.36. The molecule has 1 aromatic heterocycles. The van der Waals surface area contributed by atoms with Gasteiger partial charge in [-0.05, 0) is 41.7 Å². The van der Waals surface area contributed by atoms with Gasteiger partial charge in [-0.3, -0.25) is 9.78 Å². The van der Waals surface area contributed by atoms with Crippen molar-refractivity contribution in [1.29, 1.82) is 0 Å². The van der Waals surface area contributed by atoms with Crippen molar-refractivity contribution in [3.05, 3.63) is 65.5 Å². The lowest BCUT2D eigenvalue weighted by Gasteiger charge is -2.27. The van der Waals surface area contributed by atoms with Gasteiger partial charge < -0.3 is 9.64 Å². The van der Waals surface area contributed by atoms with Crippen molar-refractivity contribution in [1.82, 2.24) is 9.88 Å². The number of carbonyl (C=O) groups is 1. The van der Waals surface area contributed by atoms with Crippen LogP contribution >= 0.6 is 0 Å². The van der Waals surface area contributed by atoms with Gasteiger partial charge >= 0.3 is 0 Å². The van der Waals surface area contributed by atoms with Gasteiger partial charge in [-0.25, -0.2) is 0 Å². The van der Waals surface area contributed by atoms with E-state index in [9.17, 15) is 4.79 Å². The van der Waals surface area contributed by atoms with Crippen molar-refractivity contribution in [2.75, 3.05) is 20.2 Å². The number of likely N-dealkylation sites (N-methyl/N-ethyl adjacent to an activating group) is 1. The fraction of sp³-hybridized carbons (Fsp3) is 0.368. The van der Waals surface area contributed by atoms with Gasteiger partial charge in [-0.15, -0.1) is 0 Å². The number of nitrogens with zero attached hydrogens (tertiary/aromatic N) is 2. The Bertz CT molecular complexity index is 657. The van der Waals surface area contributed by atoms with Gasteiger partial charge in [0.05, 0.1) is 19.1 Å². The molecule has 23 heavy (non-hydrogen) atoms. The maximum atomic E-state index is 12.5. The Morgan fingerprint density at radius 3 is 2.87 bits per heavy atom. The normalized spacial score (nSPS) is 16.7. The Labute approximate surface area is 137 Å². The number of amides is 1. The lowest BCUT2D eigenvalue weighted by atomic mass is 9.95. The molecule has 0 N–H and O–H groups in total. The Morgan fingerprint density at radius 2 is 2.04 bits per heavy atom. The highest BCUT2D eigenvalue weighted by Crippen LogP contribution is 2.29. The van der Waals surface area contributed by atoms with Crippen LogP contribution in [0.5, 0.6) is 0 Å². The summed E-state index contributed by atoms with van der Waals surface area (Å²) in [6, 6.07) is 12.2. The second-order valence-electron chi connectivity index (χ2n) is 5.93. The van der Waals surface area contributed by atoms with Gasteiger partial charge in [0.2, 0.25) is 5.91 Å². The van der Waals surface area contributed by atoms with E-state index in [-0.39, 0.29) is 12.0 Å². The van der Waals surface area contributed by atoms with Crippen molar-refractivity contribution >= 4 is 5.91 Å². The Morgan fingerprint density at radius 1 is 1.26 bits per heavy atom. The molecule has 4 heteroatoms. The first kappa shape index (κ1) is 15.7. The monoisotopic (exact) mass is 310 g/mol. The van der Waals surface area contributed by atoms with Crippen LogP contribution < -0.4 is 0 Å². The highest BCUT2D eigenvalue weighted by atomic mass is 16.5. The van der Waals surface area contributed by atoms with E-state index >= 15 is 0 Å². The average molecular weight is 310 g/mol. The molecule has 1 aromatic carbocycles. The number of ether oxygens (including phenoxy) is 1. The number of hydrogen-bond acceptors (Lipinski definition) is 3. The van der Waals surface area contributed by atoms with Crippen LogP contribution in [0.2, 0.25) is 0 Å². The lowest BCUT2D eigenvalue weighted by Crippen LogP contribution is -2.31. The highest BCUT2D eigenvalue weighted by Gasteiger charge is 2.24. The SMILES string of the molecule is CN(CCc1ccncc1)C(=O)CC1OCCc2ccccc21. The van der Waals surface area contributed by atoms with E-state index in [1.165, 1.54) is 11.1 Å². The summed E-state index contributed by atoms with van der Waals surface area (Å²) in [5.41, 5.74) is 3.66. The van der Waals surface area contributed by atoms with Crippen LogP contribution in [0.15, 0.2) is 48.8 Å². The molecule has 2 aromatic rings. The summed E-state index contributed by atoms with van der Waals surface area (Å²) in [4.78, 5) is 18.3. The minimum Gasteiger partial charge on any atom is -0.373 e. The predicted molar refractivity (Wildman–Crippen MR) is 89.0 cm³/mol. The smallest absolute Gasteiger partial charge is 0.225 e. The van der Waals surface area contributed by atoms with Crippen molar-refractivity contribution in [3.8, 4) is 0 Å². The van der Waals surface area contributed by atoms with Gasteiger partial charge in [-0.2, -0.15) is 0 Å². The molecule has 1 atom stereocenters. The number of carbonyl (C=O) groups excluding carboxylic acids is 1. The number of benzene rings is 1. The van der Waals surface area contributed by atoms with E-state index in [4.69, 9.17) is 4.74 Å². The second-order valence-corrected chi connectivity index (χ2v) is 5.93. The Hall–Kier alpha value is -2.20. The molecule has 0 aliphatic carbocycles. The first-order valence-corrected chi connectivity index (χ1v) is 8.06. The molecule has 0 spiro atoms. The van der Waals surface area contributed by atoms with Crippen LogP contribution in [0.3, 0.4) is 0 Å². The number of pyridine rings is 1. The van der Waals surface area contributed by atoms with Gasteiger partial charge in [0.25, 0.3) is 0 Å². The Balaban J connectivity index is 1.57. The molecule has 1 aliphatic heterocycles. The third-order valence-corrected chi connectivity index (χ3v) is 4.36. The van der Waals surface area contributed by atoms with Crippen molar-refractivity contribution in [2.24, 2.45) is 0 Å². The highest BCUT2D eigenvalue weighted by molar-refractivity contribution is 5.76. The molecule has 120 valence electrons. The molecular formula is C19H22N2O2. The first-order valence-electron chi connectivity index (χ1n) is 8.06. The number of hydrogen-bond donors (Lipinski definition) is 0. The zero-order valence-electron chi connectivity index (χ0n) is 13.4. The largest absolute Gasteiger partial charge is 0.373 e. The van der Waals surface area contributed by atoms with Gasteiger partial charge in [0.1, 0.15) is 0 Å². The third kappa shape index (κ3) is 3.96. The van der Waals surface area contributed by atoms with Crippen LogP contribution in [0.1, 0.15) is 29.2 Å². The first-order chi connectivity index (χ1) is 11.2. The molecule has 0 bridgehead atoms. The van der Waals surface area contributed by atoms with E-state index in [1.807, 2.05) is 31.3 Å². The summed E-state index contributed by atoms with van der Waals surface area (Å²) in [5.74, 6) is 0.126. The topological polar surface area (TPSA) is 42.4 Å². The number of aromatic nitrogens is 1. The molecule has 1 unspecified atom stereocenters. The van der Waals surface area contributed by atoms with E-state index in [0.29, 0.717) is 19.6 Å². The summed E-state index contributed by atoms with van der Waals surface area (Å²) in [6.07, 6.45) is 5.62. The molecule has 3 rings (SSSR count). The van der Waals surface area contributed by atoms with E-state index in [2.05, 4.69) is 17.1 Å². The quantitative estimate of drug-likeness (QED) is 0.853. The number of rotatable bonds is 5. The summed E-state index contributed by atoms with van der Waals surface area (Å²) in [6.45, 7) is 1.40. The molecule has 0 fully saturated rings. The fourth-order valence-corrected chi connectivity index (χ4v) is 2.93. The van der Waals surface area contributed by atoms with Crippen LogP contribution in [0.4, 0.5) is 0 Å². The molecule has 0 saturated heterocycles. The van der Waals surface area contributed by atoms with E-state index in [0.717, 1.165) is 18.4 Å². The van der Waals surface area contributed by atoms with Crippen molar-refractivity contribution in [3.63, 3.8) is 0 Å². The van der Waals surface area contributed by atoms with Crippen LogP contribution in [-0.2, 0) is 22.4 Å². The fourth-order valence-electron chi connectivity index (χ4n) is 2.93. The van der Waals surface area contributed by atoms with Gasteiger partial charge in [-0.1, -0.05) is 24.3 Å². The summed E-state index contributed by atoms with van der Waals surface area (Å²) in [5, 5.41) is 0. The predicted octanol–water partition coefficient (Wildman–Crippen LogP) is 2.79. The molecule has 0 radical (unpaired) electrons. The molecule has 1 amide bonds. The standard InChI is InChI=1S/C19H22N2O2/c1-21(12-8-15-6-10-20-11-7-15)19(22)14-18-17-5-3-2-4-16(17)9-13-23-18/h2-7,10-11,18H,8-9,12-14H2,1H3. The minimum absolute atomic E-state index is 0.115. The van der Waals surface area contributed by atoms with Gasteiger partial charge in [0.15, 0.2) is 0 Å². The van der Waals surface area contributed by atoms with Crippen LogP contribution in [-0.4, -0.2) is 36.0 Å². The number of fused-ring (bicyclic) bond motifs is 1. The van der Waals surface area contributed by atoms with E-state index in [1.54, 1.807) is 17.3 Å². The zero-order valence-corrected chi connectivity index (χ0v) is 13.4. The zero-order chi connectivity index (χ0) is 16.1. The van der Waals surface area contributed by atoms with E-state index < -0.39 is 0 Å². The summed E-state index contributed by atoms with van der Waals surface area (Å²) >= 11 is 0. The second kappa shape index (κ2) is 7.38. The minimum atomic E-state index is -0.115. The average Bonchev–Trinajstić information content (AvgIpc) is 2.61. The lowest BCUT2D eigenvalue weighted by molar-refractivity contribution is -0.133. The molecular weight excluding hydrogens is 288 g/mol. The molecule has 2 heterocycles. The van der Waals surface area contributed by atoms with Crippen molar-refractivity contribution < 1.29 is 9.53 Å². The summed E-state index contributed by atoms with van der Waals surface area (Å²) in [7, 11) is 1.86.